The van der Waals surface area contributed by atoms with Gasteiger partial charge in [-0.05, 0) is 5.75 Å². The number of hydrogen-bond acceptors (Lipinski definition) is 3. The van der Waals surface area contributed by atoms with Crippen LogP contribution in [0, 0.1) is 0 Å². The molecule has 1 amide bonds. The summed E-state index contributed by atoms with van der Waals surface area (Å²) in [6.45, 7) is 6.08. The van der Waals surface area contributed by atoms with E-state index < -0.39 is 0 Å². The van der Waals surface area contributed by atoms with Crippen LogP contribution < -0.4 is 11.1 Å². The first-order valence-electron chi connectivity index (χ1n) is 4.21. The van der Waals surface area contributed by atoms with Crippen molar-refractivity contribution in [3.05, 3.63) is 0 Å². The van der Waals surface area contributed by atoms with Gasteiger partial charge in [0.25, 0.3) is 0 Å². The fourth-order valence-corrected chi connectivity index (χ4v) is 1.58. The first kappa shape index (κ1) is 11.8. The molecule has 0 saturated carbocycles. The lowest BCUT2D eigenvalue weighted by Gasteiger charge is -2.17. The third-order valence-corrected chi connectivity index (χ3v) is 2.34. The van der Waals surface area contributed by atoms with E-state index in [0.29, 0.717) is 6.04 Å². The molecule has 1 unspecified atom stereocenters. The predicted molar refractivity (Wildman–Crippen MR) is 54.3 cm³/mol. The summed E-state index contributed by atoms with van der Waals surface area (Å²) in [5.41, 5.74) is 5.21. The second-order valence-corrected chi connectivity index (χ2v) is 4.25. The van der Waals surface area contributed by atoms with E-state index in [0.717, 1.165) is 11.5 Å². The number of nitrogens with two attached hydrogens (primary N) is 1. The highest BCUT2D eigenvalue weighted by Crippen LogP contribution is 2.02. The van der Waals surface area contributed by atoms with Gasteiger partial charge in [0, 0.05) is 11.8 Å². The predicted octanol–water partition coefficient (Wildman–Crippen LogP) is 0.591. The van der Waals surface area contributed by atoms with E-state index in [2.05, 4.69) is 12.2 Å². The zero-order valence-corrected chi connectivity index (χ0v) is 8.78. The summed E-state index contributed by atoms with van der Waals surface area (Å²) in [5, 5.41) is 3.12. The van der Waals surface area contributed by atoms with E-state index >= 15 is 0 Å². The molecule has 0 radical (unpaired) electrons. The van der Waals surface area contributed by atoms with Crippen molar-refractivity contribution in [1.29, 1.82) is 0 Å². The van der Waals surface area contributed by atoms with E-state index in [1.54, 1.807) is 11.8 Å². The van der Waals surface area contributed by atoms with E-state index in [1.165, 1.54) is 0 Å². The Hall–Kier alpha value is -0.220. The van der Waals surface area contributed by atoms with E-state index in [1.807, 2.05) is 13.8 Å². The Morgan fingerprint density at radius 2 is 2.17 bits per heavy atom. The Morgan fingerprint density at radius 1 is 1.58 bits per heavy atom. The van der Waals surface area contributed by atoms with Gasteiger partial charge >= 0.3 is 0 Å². The third-order valence-electron chi connectivity index (χ3n) is 1.37. The molecule has 0 bridgehead atoms. The Balaban J connectivity index is 3.78. The van der Waals surface area contributed by atoms with Gasteiger partial charge in [-0.3, -0.25) is 4.79 Å². The third kappa shape index (κ3) is 5.43. The van der Waals surface area contributed by atoms with Crippen molar-refractivity contribution in [2.75, 3.05) is 11.5 Å². The molecule has 12 heavy (non-hydrogen) atoms. The van der Waals surface area contributed by atoms with E-state index in [9.17, 15) is 4.79 Å². The highest BCUT2D eigenvalue weighted by atomic mass is 32.2. The van der Waals surface area contributed by atoms with Crippen LogP contribution in [0.2, 0.25) is 0 Å². The molecule has 0 aromatic carbocycles. The average molecular weight is 190 g/mol. The molecule has 0 aromatic heterocycles. The molecule has 72 valence electrons. The highest BCUT2D eigenvalue weighted by Gasteiger charge is 2.14. The van der Waals surface area contributed by atoms with Crippen molar-refractivity contribution in [1.82, 2.24) is 5.32 Å². The number of amides is 1. The lowest BCUT2D eigenvalue weighted by molar-refractivity contribution is -0.119. The van der Waals surface area contributed by atoms with Crippen LogP contribution in [0.1, 0.15) is 20.8 Å². The van der Waals surface area contributed by atoms with Crippen LogP contribution in [0.25, 0.3) is 0 Å². The maximum absolute atomic E-state index is 10.9. The van der Waals surface area contributed by atoms with Crippen molar-refractivity contribution in [2.45, 2.75) is 32.9 Å². The van der Waals surface area contributed by atoms with Gasteiger partial charge in [-0.1, -0.05) is 20.8 Å². The maximum atomic E-state index is 10.9. The summed E-state index contributed by atoms with van der Waals surface area (Å²) < 4.78 is 0. The molecule has 0 spiro atoms. The average Bonchev–Trinajstić information content (AvgIpc) is 1.96. The molecule has 3 nitrogen and oxygen atoms in total. The minimum Gasteiger partial charge on any atom is -0.368 e. The van der Waals surface area contributed by atoms with Crippen LogP contribution in [-0.4, -0.2) is 29.5 Å². The lowest BCUT2D eigenvalue weighted by atomic mass is 10.3. The number of carbonyl (C=O) groups excluding carboxylic acids is 1. The molecule has 0 aliphatic carbocycles. The summed E-state index contributed by atoms with van der Waals surface area (Å²) in [4.78, 5) is 10.9. The summed E-state index contributed by atoms with van der Waals surface area (Å²) in [6.07, 6.45) is 0. The zero-order chi connectivity index (χ0) is 9.56. The first-order chi connectivity index (χ1) is 5.57. The molecule has 3 N–H and O–H groups in total. The SMILES string of the molecule is CCSCC(NC(C)C)C(N)=O. The Labute approximate surface area is 78.5 Å². The van der Waals surface area contributed by atoms with Crippen molar-refractivity contribution in [3.8, 4) is 0 Å². The van der Waals surface area contributed by atoms with Crippen LogP contribution in [0.5, 0.6) is 0 Å². The smallest absolute Gasteiger partial charge is 0.235 e. The van der Waals surface area contributed by atoms with Gasteiger partial charge < -0.3 is 11.1 Å². The maximum Gasteiger partial charge on any atom is 0.235 e. The quantitative estimate of drug-likeness (QED) is 0.644. The minimum absolute atomic E-state index is 0.185. The van der Waals surface area contributed by atoms with Gasteiger partial charge in [0.2, 0.25) is 5.91 Å². The molecule has 0 rings (SSSR count). The summed E-state index contributed by atoms with van der Waals surface area (Å²) in [7, 11) is 0. The molecular weight excluding hydrogens is 172 g/mol. The van der Waals surface area contributed by atoms with Crippen molar-refractivity contribution in [2.24, 2.45) is 5.73 Å². The Bertz CT molecular complexity index is 139. The monoisotopic (exact) mass is 190 g/mol. The summed E-state index contributed by atoms with van der Waals surface area (Å²) in [5.74, 6) is 1.53. The molecule has 4 heteroatoms. The number of thioether (sulfide) groups is 1. The van der Waals surface area contributed by atoms with Crippen LogP contribution in [-0.2, 0) is 4.79 Å². The van der Waals surface area contributed by atoms with Crippen LogP contribution >= 0.6 is 11.8 Å². The molecule has 1 atom stereocenters. The molecule has 0 saturated heterocycles. The number of rotatable bonds is 6. The van der Waals surface area contributed by atoms with Crippen molar-refractivity contribution in [3.63, 3.8) is 0 Å². The Kier molecular flexibility index (Phi) is 6.20. The topological polar surface area (TPSA) is 55.1 Å². The number of carbonyl (C=O) groups is 1. The normalized spacial score (nSPS) is 13.3. The highest BCUT2D eigenvalue weighted by molar-refractivity contribution is 7.99. The molecular formula is C8H18N2OS. The molecule has 0 heterocycles. The van der Waals surface area contributed by atoms with Gasteiger partial charge in [0.1, 0.15) is 0 Å². The van der Waals surface area contributed by atoms with E-state index in [-0.39, 0.29) is 11.9 Å². The molecule has 0 aromatic rings. The molecule has 0 aliphatic rings. The first-order valence-corrected chi connectivity index (χ1v) is 5.36. The second kappa shape index (κ2) is 6.31. The summed E-state index contributed by atoms with van der Waals surface area (Å²) in [6, 6.07) is 0.120. The number of primary amides is 1. The largest absolute Gasteiger partial charge is 0.368 e. The van der Waals surface area contributed by atoms with Gasteiger partial charge in [-0.2, -0.15) is 11.8 Å². The minimum atomic E-state index is -0.260. The fourth-order valence-electron chi connectivity index (χ4n) is 0.850. The van der Waals surface area contributed by atoms with Gasteiger partial charge in [0.05, 0.1) is 6.04 Å². The summed E-state index contributed by atoms with van der Waals surface area (Å²) >= 11 is 1.72. The van der Waals surface area contributed by atoms with Gasteiger partial charge in [0.15, 0.2) is 0 Å². The van der Waals surface area contributed by atoms with Crippen LogP contribution in [0.15, 0.2) is 0 Å². The van der Waals surface area contributed by atoms with Gasteiger partial charge in [-0.25, -0.2) is 0 Å². The Morgan fingerprint density at radius 3 is 2.50 bits per heavy atom. The van der Waals surface area contributed by atoms with E-state index in [4.69, 9.17) is 5.73 Å². The molecule has 0 aliphatic heterocycles. The van der Waals surface area contributed by atoms with Crippen molar-refractivity contribution < 1.29 is 4.79 Å². The second-order valence-electron chi connectivity index (χ2n) is 2.94. The van der Waals surface area contributed by atoms with Crippen LogP contribution in [0.4, 0.5) is 0 Å². The number of nitrogens with one attached hydrogen (secondary N) is 1. The van der Waals surface area contributed by atoms with Crippen LogP contribution in [0.3, 0.4) is 0 Å². The van der Waals surface area contributed by atoms with Gasteiger partial charge in [-0.15, -0.1) is 0 Å². The number of hydrogen-bond donors (Lipinski definition) is 2. The molecule has 0 fully saturated rings. The van der Waals surface area contributed by atoms with Crippen molar-refractivity contribution >= 4 is 17.7 Å². The fraction of sp³-hybridized carbons (Fsp3) is 0.875. The standard InChI is InChI=1S/C8H18N2OS/c1-4-12-5-7(8(9)11)10-6(2)3/h6-7,10H,4-5H2,1-3H3,(H2,9,11). The lowest BCUT2D eigenvalue weighted by Crippen LogP contribution is -2.46. The zero-order valence-electron chi connectivity index (χ0n) is 7.96.